The number of aryl methyl sites for hydroxylation is 1. The molecule has 2 N–H and O–H groups in total. The van der Waals surface area contributed by atoms with E-state index in [-0.39, 0.29) is 5.69 Å². The molecule has 2 aromatic carbocycles. The monoisotopic (exact) mass is 291 g/mol. The molecule has 21 heavy (non-hydrogen) atoms. The Morgan fingerprint density at radius 3 is 2.48 bits per heavy atom. The average Bonchev–Trinajstić information content (AvgIpc) is 2.80. The van der Waals surface area contributed by atoms with Crippen LogP contribution in [-0.2, 0) is 6.42 Å². The minimum absolute atomic E-state index is 0.0713. The second-order valence-electron chi connectivity index (χ2n) is 4.68. The molecule has 0 atom stereocenters. The van der Waals surface area contributed by atoms with Gasteiger partial charge in [-0.3, -0.25) is 4.57 Å². The van der Waals surface area contributed by atoms with Gasteiger partial charge in [0.05, 0.1) is 16.7 Å². The largest absolute Gasteiger partial charge is 0.399 e. The third-order valence-electron chi connectivity index (χ3n) is 3.29. The van der Waals surface area contributed by atoms with Gasteiger partial charge in [0, 0.05) is 24.2 Å². The highest BCUT2D eigenvalue weighted by atomic mass is 19.2. The number of benzene rings is 2. The van der Waals surface area contributed by atoms with Crippen molar-refractivity contribution in [2.24, 2.45) is 0 Å². The van der Waals surface area contributed by atoms with Crippen molar-refractivity contribution in [3.05, 3.63) is 53.6 Å². The third-order valence-corrected chi connectivity index (χ3v) is 3.29. The Hall–Kier alpha value is -2.50. The van der Waals surface area contributed by atoms with Gasteiger partial charge in [-0.2, -0.15) is 0 Å². The third kappa shape index (κ3) is 2.12. The molecule has 0 unspecified atom stereocenters. The molecule has 0 radical (unpaired) electrons. The number of fused-ring (bicyclic) bond motifs is 1. The molecular formula is C15H12F3N3. The van der Waals surface area contributed by atoms with E-state index in [9.17, 15) is 13.2 Å². The molecule has 6 heteroatoms. The van der Waals surface area contributed by atoms with E-state index >= 15 is 0 Å². The number of nitrogen functional groups attached to an aromatic ring is 1. The SMILES string of the molecule is CCc1nc2cc(N)ccc2n1-c1cc(F)c(F)cc1F. The van der Waals surface area contributed by atoms with Crippen LogP contribution in [0.3, 0.4) is 0 Å². The van der Waals surface area contributed by atoms with Crippen molar-refractivity contribution < 1.29 is 13.2 Å². The first-order valence-corrected chi connectivity index (χ1v) is 6.43. The minimum atomic E-state index is -1.22. The summed E-state index contributed by atoms with van der Waals surface area (Å²) in [6.45, 7) is 1.85. The van der Waals surface area contributed by atoms with Crippen LogP contribution in [0.5, 0.6) is 0 Å². The number of imidazole rings is 1. The Balaban J connectivity index is 2.36. The summed E-state index contributed by atoms with van der Waals surface area (Å²) in [5.41, 5.74) is 7.33. The summed E-state index contributed by atoms with van der Waals surface area (Å²) < 4.78 is 42.1. The molecular weight excluding hydrogens is 279 g/mol. The van der Waals surface area contributed by atoms with Crippen molar-refractivity contribution in [1.29, 1.82) is 0 Å². The van der Waals surface area contributed by atoms with Gasteiger partial charge in [0.25, 0.3) is 0 Å². The topological polar surface area (TPSA) is 43.8 Å². The van der Waals surface area contributed by atoms with Crippen molar-refractivity contribution in [2.75, 3.05) is 5.73 Å². The fourth-order valence-corrected chi connectivity index (χ4v) is 2.34. The lowest BCUT2D eigenvalue weighted by molar-refractivity contribution is 0.492. The van der Waals surface area contributed by atoms with E-state index in [0.717, 1.165) is 6.07 Å². The Kier molecular flexibility index (Phi) is 3.08. The predicted octanol–water partition coefficient (Wildman–Crippen LogP) is 3.59. The van der Waals surface area contributed by atoms with Crippen molar-refractivity contribution in [2.45, 2.75) is 13.3 Å². The molecule has 3 aromatic rings. The maximum Gasteiger partial charge on any atom is 0.161 e. The van der Waals surface area contributed by atoms with Crippen molar-refractivity contribution >= 4 is 16.7 Å². The summed E-state index contributed by atoms with van der Waals surface area (Å²) >= 11 is 0. The van der Waals surface area contributed by atoms with Crippen LogP contribution in [0, 0.1) is 17.5 Å². The molecule has 0 amide bonds. The minimum Gasteiger partial charge on any atom is -0.399 e. The molecule has 3 rings (SSSR count). The van der Waals surface area contributed by atoms with Crippen LogP contribution >= 0.6 is 0 Å². The Labute approximate surface area is 118 Å². The number of rotatable bonds is 2. The van der Waals surface area contributed by atoms with Crippen LogP contribution < -0.4 is 5.73 Å². The maximum absolute atomic E-state index is 14.0. The first kappa shape index (κ1) is 13.5. The molecule has 0 fully saturated rings. The van der Waals surface area contributed by atoms with E-state index in [2.05, 4.69) is 4.98 Å². The van der Waals surface area contributed by atoms with Gasteiger partial charge in [-0.15, -0.1) is 0 Å². The van der Waals surface area contributed by atoms with Crippen molar-refractivity contribution in [1.82, 2.24) is 9.55 Å². The lowest BCUT2D eigenvalue weighted by Crippen LogP contribution is -2.04. The van der Waals surface area contributed by atoms with E-state index in [1.807, 2.05) is 6.92 Å². The van der Waals surface area contributed by atoms with Gasteiger partial charge in [-0.1, -0.05) is 6.92 Å². The van der Waals surface area contributed by atoms with Gasteiger partial charge >= 0.3 is 0 Å². The lowest BCUT2D eigenvalue weighted by Gasteiger charge is -2.10. The van der Waals surface area contributed by atoms with Crippen LogP contribution in [-0.4, -0.2) is 9.55 Å². The summed E-state index contributed by atoms with van der Waals surface area (Å²) in [6, 6.07) is 6.35. The molecule has 0 bridgehead atoms. The van der Waals surface area contributed by atoms with Gasteiger partial charge < -0.3 is 5.73 Å². The Morgan fingerprint density at radius 1 is 1.05 bits per heavy atom. The molecule has 0 aliphatic carbocycles. The number of hydrogen-bond acceptors (Lipinski definition) is 2. The molecule has 3 nitrogen and oxygen atoms in total. The normalized spacial score (nSPS) is 11.2. The van der Waals surface area contributed by atoms with Gasteiger partial charge in [-0.25, -0.2) is 18.2 Å². The second-order valence-corrected chi connectivity index (χ2v) is 4.68. The van der Waals surface area contributed by atoms with E-state index in [1.54, 1.807) is 18.2 Å². The van der Waals surface area contributed by atoms with Gasteiger partial charge in [0.2, 0.25) is 0 Å². The highest BCUT2D eigenvalue weighted by molar-refractivity contribution is 5.81. The first-order valence-electron chi connectivity index (χ1n) is 6.43. The molecule has 1 aromatic heterocycles. The summed E-state index contributed by atoms with van der Waals surface area (Å²) in [7, 11) is 0. The van der Waals surface area contributed by atoms with Crippen LogP contribution in [0.4, 0.5) is 18.9 Å². The maximum atomic E-state index is 14.0. The summed E-state index contributed by atoms with van der Waals surface area (Å²) in [5, 5.41) is 0. The molecule has 108 valence electrons. The van der Waals surface area contributed by atoms with Crippen molar-refractivity contribution in [3.63, 3.8) is 0 Å². The first-order chi connectivity index (χ1) is 10.0. The smallest absolute Gasteiger partial charge is 0.161 e. The predicted molar refractivity (Wildman–Crippen MR) is 74.7 cm³/mol. The number of halogens is 3. The fourth-order valence-electron chi connectivity index (χ4n) is 2.34. The van der Waals surface area contributed by atoms with E-state index in [1.165, 1.54) is 4.57 Å². The molecule has 0 aliphatic heterocycles. The summed E-state index contributed by atoms with van der Waals surface area (Å²) in [5.74, 6) is -2.63. The quantitative estimate of drug-likeness (QED) is 0.579. The van der Waals surface area contributed by atoms with Gasteiger partial charge in [-0.05, 0) is 18.2 Å². The molecule has 0 saturated heterocycles. The van der Waals surface area contributed by atoms with E-state index < -0.39 is 17.5 Å². The second kappa shape index (κ2) is 4.80. The zero-order valence-electron chi connectivity index (χ0n) is 11.2. The van der Waals surface area contributed by atoms with Crippen LogP contribution in [0.2, 0.25) is 0 Å². The van der Waals surface area contributed by atoms with Crippen LogP contribution in [0.25, 0.3) is 16.7 Å². The van der Waals surface area contributed by atoms with Crippen molar-refractivity contribution in [3.8, 4) is 5.69 Å². The number of aromatic nitrogens is 2. The number of nitrogens with two attached hydrogens (primary N) is 1. The number of anilines is 1. The van der Waals surface area contributed by atoms with Gasteiger partial charge in [0.15, 0.2) is 11.6 Å². The lowest BCUT2D eigenvalue weighted by atomic mass is 10.2. The number of nitrogens with zero attached hydrogens (tertiary/aromatic N) is 2. The van der Waals surface area contributed by atoms with Crippen LogP contribution in [0.1, 0.15) is 12.7 Å². The standard InChI is InChI=1S/C15H12F3N3/c1-2-15-20-12-5-8(19)3-4-13(12)21(15)14-7-10(17)9(16)6-11(14)18/h3-7H,2,19H2,1H3. The molecule has 0 aliphatic rings. The van der Waals surface area contributed by atoms with Gasteiger partial charge in [0.1, 0.15) is 11.6 Å². The Bertz CT molecular complexity index is 840. The highest BCUT2D eigenvalue weighted by Gasteiger charge is 2.17. The van der Waals surface area contributed by atoms with Crippen LogP contribution in [0.15, 0.2) is 30.3 Å². The van der Waals surface area contributed by atoms with E-state index in [0.29, 0.717) is 35.0 Å². The fraction of sp³-hybridized carbons (Fsp3) is 0.133. The molecule has 1 heterocycles. The zero-order chi connectivity index (χ0) is 15.1. The molecule has 0 saturated carbocycles. The molecule has 0 spiro atoms. The summed E-state index contributed by atoms with van der Waals surface area (Å²) in [4.78, 5) is 4.36. The summed E-state index contributed by atoms with van der Waals surface area (Å²) in [6.07, 6.45) is 0.507. The zero-order valence-corrected chi connectivity index (χ0v) is 11.2. The number of hydrogen-bond donors (Lipinski definition) is 1. The average molecular weight is 291 g/mol. The van der Waals surface area contributed by atoms with E-state index in [4.69, 9.17) is 5.73 Å². The highest BCUT2D eigenvalue weighted by Crippen LogP contribution is 2.26. The Morgan fingerprint density at radius 2 is 1.76 bits per heavy atom.